The topological polar surface area (TPSA) is 77.0 Å². The van der Waals surface area contributed by atoms with Gasteiger partial charge in [0.1, 0.15) is 12.0 Å². The van der Waals surface area contributed by atoms with E-state index in [-0.39, 0.29) is 24.0 Å². The summed E-state index contributed by atoms with van der Waals surface area (Å²) in [5.74, 6) is -0.525. The first-order valence-corrected chi connectivity index (χ1v) is 6.13. The van der Waals surface area contributed by atoms with E-state index in [0.717, 1.165) is 0 Å². The van der Waals surface area contributed by atoms with Crippen molar-refractivity contribution in [2.24, 2.45) is 0 Å². The first kappa shape index (κ1) is 15.7. The number of hydrogen-bond acceptors (Lipinski definition) is 5. The number of halogens is 3. The van der Waals surface area contributed by atoms with Gasteiger partial charge in [0, 0.05) is 25.0 Å². The second kappa shape index (κ2) is 6.83. The third kappa shape index (κ3) is 5.00. The van der Waals surface area contributed by atoms with Crippen LogP contribution in [0.3, 0.4) is 0 Å². The first-order chi connectivity index (χ1) is 10.4. The van der Waals surface area contributed by atoms with Gasteiger partial charge in [0.05, 0.1) is 0 Å². The highest BCUT2D eigenvalue weighted by Crippen LogP contribution is 2.16. The molecule has 0 aromatic carbocycles. The maximum absolute atomic E-state index is 12.0. The number of nitrogens with one attached hydrogen (secondary N) is 1. The van der Waals surface area contributed by atoms with Gasteiger partial charge in [-0.15, -0.1) is 0 Å². The molecule has 0 fully saturated rings. The second-order valence-corrected chi connectivity index (χ2v) is 4.19. The molecule has 2 rings (SSSR count). The van der Waals surface area contributed by atoms with Crippen molar-refractivity contribution in [3.8, 4) is 5.88 Å². The maximum atomic E-state index is 12.0. The lowest BCUT2D eigenvalue weighted by Crippen LogP contribution is -2.24. The molecule has 6 nitrogen and oxygen atoms in total. The number of pyridine rings is 1. The molecule has 0 aliphatic heterocycles. The predicted octanol–water partition coefficient (Wildman–Crippen LogP) is 1.74. The van der Waals surface area contributed by atoms with Gasteiger partial charge in [0.2, 0.25) is 5.88 Å². The van der Waals surface area contributed by atoms with Crippen LogP contribution in [-0.2, 0) is 6.54 Å². The van der Waals surface area contributed by atoms with Crippen molar-refractivity contribution < 1.29 is 22.7 Å². The fraction of sp³-hybridized carbons (Fsp3) is 0.231. The molecule has 0 aliphatic carbocycles. The van der Waals surface area contributed by atoms with Crippen molar-refractivity contribution in [1.29, 1.82) is 0 Å². The lowest BCUT2D eigenvalue weighted by molar-refractivity contribution is -0.154. The van der Waals surface area contributed by atoms with E-state index < -0.39 is 12.8 Å². The zero-order chi connectivity index (χ0) is 16.0. The minimum absolute atomic E-state index is 0.136. The van der Waals surface area contributed by atoms with Gasteiger partial charge in [-0.2, -0.15) is 13.2 Å². The molecule has 0 saturated carbocycles. The Kier molecular flexibility index (Phi) is 4.87. The van der Waals surface area contributed by atoms with Crippen molar-refractivity contribution in [1.82, 2.24) is 20.3 Å². The van der Waals surface area contributed by atoms with E-state index in [2.05, 4.69) is 25.0 Å². The Morgan fingerprint density at radius 3 is 2.64 bits per heavy atom. The third-order valence-corrected chi connectivity index (χ3v) is 2.45. The van der Waals surface area contributed by atoms with Crippen LogP contribution in [0.5, 0.6) is 5.88 Å². The number of nitrogens with zero attached hydrogens (tertiary/aromatic N) is 3. The van der Waals surface area contributed by atoms with E-state index in [9.17, 15) is 18.0 Å². The average Bonchev–Trinajstić information content (AvgIpc) is 2.52. The van der Waals surface area contributed by atoms with E-state index in [1.165, 1.54) is 36.9 Å². The summed E-state index contributed by atoms with van der Waals surface area (Å²) in [6, 6.07) is 4.28. The summed E-state index contributed by atoms with van der Waals surface area (Å²) in [4.78, 5) is 22.9. The van der Waals surface area contributed by atoms with Gasteiger partial charge in [-0.3, -0.25) is 4.79 Å². The molecule has 9 heteroatoms. The van der Waals surface area contributed by atoms with E-state index in [1.807, 2.05) is 0 Å². The van der Waals surface area contributed by atoms with E-state index in [4.69, 9.17) is 0 Å². The number of ether oxygens (including phenoxy) is 1. The summed E-state index contributed by atoms with van der Waals surface area (Å²) in [7, 11) is 0. The van der Waals surface area contributed by atoms with Crippen molar-refractivity contribution >= 4 is 5.91 Å². The smallest absolute Gasteiger partial charge is 0.422 e. The summed E-state index contributed by atoms with van der Waals surface area (Å²) in [5, 5.41) is 2.60. The lowest BCUT2D eigenvalue weighted by Gasteiger charge is -2.09. The third-order valence-electron chi connectivity index (χ3n) is 2.45. The highest BCUT2D eigenvalue weighted by molar-refractivity contribution is 5.91. The fourth-order valence-electron chi connectivity index (χ4n) is 1.45. The Labute approximate surface area is 123 Å². The maximum Gasteiger partial charge on any atom is 0.422 e. The Morgan fingerprint density at radius 2 is 2.05 bits per heavy atom. The molecule has 1 N–H and O–H groups in total. The van der Waals surface area contributed by atoms with Crippen LogP contribution in [0.15, 0.2) is 36.9 Å². The summed E-state index contributed by atoms with van der Waals surface area (Å²) in [5.41, 5.74) is 0.829. The molecule has 0 aliphatic rings. The summed E-state index contributed by atoms with van der Waals surface area (Å²) < 4.78 is 40.4. The summed E-state index contributed by atoms with van der Waals surface area (Å²) in [6.45, 7) is -1.24. The van der Waals surface area contributed by atoms with Gasteiger partial charge >= 0.3 is 6.18 Å². The number of carbonyl (C=O) groups is 1. The standard InChI is InChI=1S/C13H11F3N4O2/c14-13(15,16)7-22-11-2-1-9(5-18-11)6-19-12(21)10-3-4-17-8-20-10/h1-5,8H,6-7H2,(H,19,21). The molecule has 0 saturated heterocycles. The van der Waals surface area contributed by atoms with Gasteiger partial charge in [-0.1, -0.05) is 6.07 Å². The largest absolute Gasteiger partial charge is 0.468 e. The Hall–Kier alpha value is -2.71. The van der Waals surface area contributed by atoms with Crippen LogP contribution in [0.4, 0.5) is 13.2 Å². The molecule has 2 heterocycles. The number of alkyl halides is 3. The van der Waals surface area contributed by atoms with Gasteiger partial charge in [-0.25, -0.2) is 15.0 Å². The molecule has 2 aromatic heterocycles. The Bertz CT molecular complexity index is 617. The first-order valence-electron chi connectivity index (χ1n) is 6.13. The number of amides is 1. The normalized spacial score (nSPS) is 11.0. The fourth-order valence-corrected chi connectivity index (χ4v) is 1.45. The zero-order valence-electron chi connectivity index (χ0n) is 11.2. The van der Waals surface area contributed by atoms with E-state index in [0.29, 0.717) is 5.56 Å². The number of hydrogen-bond donors (Lipinski definition) is 1. The van der Waals surface area contributed by atoms with Crippen LogP contribution in [0.2, 0.25) is 0 Å². The number of rotatable bonds is 5. The van der Waals surface area contributed by atoms with Gasteiger partial charge in [0.15, 0.2) is 6.61 Å². The molecule has 1 amide bonds. The molecular formula is C13H11F3N4O2. The molecule has 0 radical (unpaired) electrons. The van der Waals surface area contributed by atoms with Gasteiger partial charge in [-0.05, 0) is 11.6 Å². The van der Waals surface area contributed by atoms with Gasteiger partial charge in [0.25, 0.3) is 5.91 Å². The minimum Gasteiger partial charge on any atom is -0.468 e. The minimum atomic E-state index is -4.41. The van der Waals surface area contributed by atoms with E-state index in [1.54, 1.807) is 0 Å². The quantitative estimate of drug-likeness (QED) is 0.910. The van der Waals surface area contributed by atoms with Crippen molar-refractivity contribution in [2.75, 3.05) is 6.61 Å². The SMILES string of the molecule is O=C(NCc1ccc(OCC(F)(F)F)nc1)c1ccncn1. The highest BCUT2D eigenvalue weighted by Gasteiger charge is 2.28. The predicted molar refractivity (Wildman–Crippen MR) is 69.0 cm³/mol. The van der Waals surface area contributed by atoms with Crippen LogP contribution in [0.25, 0.3) is 0 Å². The van der Waals surface area contributed by atoms with Crippen LogP contribution >= 0.6 is 0 Å². The molecule has 22 heavy (non-hydrogen) atoms. The van der Waals surface area contributed by atoms with Crippen molar-refractivity contribution in [3.05, 3.63) is 48.2 Å². The van der Waals surface area contributed by atoms with Crippen LogP contribution in [0, 0.1) is 0 Å². The monoisotopic (exact) mass is 312 g/mol. The highest BCUT2D eigenvalue weighted by atomic mass is 19.4. The van der Waals surface area contributed by atoms with Crippen molar-refractivity contribution in [3.63, 3.8) is 0 Å². The van der Waals surface area contributed by atoms with E-state index >= 15 is 0 Å². The van der Waals surface area contributed by atoms with Crippen molar-refractivity contribution in [2.45, 2.75) is 12.7 Å². The van der Waals surface area contributed by atoms with Crippen LogP contribution in [0.1, 0.15) is 16.1 Å². The molecule has 2 aromatic rings. The number of aromatic nitrogens is 3. The molecule has 0 bridgehead atoms. The van der Waals surface area contributed by atoms with Crippen LogP contribution < -0.4 is 10.1 Å². The Morgan fingerprint density at radius 1 is 1.23 bits per heavy atom. The average molecular weight is 312 g/mol. The molecular weight excluding hydrogens is 301 g/mol. The second-order valence-electron chi connectivity index (χ2n) is 4.19. The zero-order valence-corrected chi connectivity index (χ0v) is 11.2. The molecule has 0 unspecified atom stereocenters. The summed E-state index contributed by atoms with van der Waals surface area (Å²) >= 11 is 0. The Balaban J connectivity index is 1.85. The van der Waals surface area contributed by atoms with Crippen LogP contribution in [-0.4, -0.2) is 33.6 Å². The summed E-state index contributed by atoms with van der Waals surface area (Å²) in [6.07, 6.45) is -0.392. The number of carbonyl (C=O) groups excluding carboxylic acids is 1. The van der Waals surface area contributed by atoms with Gasteiger partial charge < -0.3 is 10.1 Å². The molecule has 116 valence electrons. The molecule has 0 spiro atoms. The molecule has 0 atom stereocenters. The lowest BCUT2D eigenvalue weighted by atomic mass is 10.3.